The van der Waals surface area contributed by atoms with Gasteiger partial charge in [0, 0.05) is 31.2 Å². The molecule has 1 atom stereocenters. The largest absolute Gasteiger partial charge is 0.496 e. The standard InChI is InChI=1S/C13H17N3O/c1-17-13-3-2-10(7-14)6-11(13)8-16-5-4-12(15)9-16/h2-3,6,12H,4-5,8-9,15H2,1H3. The normalized spacial score (nSPS) is 20.2. The van der Waals surface area contributed by atoms with Gasteiger partial charge < -0.3 is 10.5 Å². The molecule has 0 spiro atoms. The van der Waals surface area contributed by atoms with E-state index in [9.17, 15) is 0 Å². The zero-order valence-corrected chi connectivity index (χ0v) is 10.0. The lowest BCUT2D eigenvalue weighted by atomic mass is 10.1. The summed E-state index contributed by atoms with van der Waals surface area (Å²) in [5.41, 5.74) is 7.61. The summed E-state index contributed by atoms with van der Waals surface area (Å²) in [4.78, 5) is 2.30. The Hall–Kier alpha value is -1.57. The van der Waals surface area contributed by atoms with Crippen LogP contribution in [0, 0.1) is 11.3 Å². The van der Waals surface area contributed by atoms with Gasteiger partial charge in [0.25, 0.3) is 0 Å². The Morgan fingerprint density at radius 3 is 3.00 bits per heavy atom. The lowest BCUT2D eigenvalue weighted by Crippen LogP contribution is -2.26. The first kappa shape index (κ1) is 11.9. The van der Waals surface area contributed by atoms with E-state index in [-0.39, 0.29) is 6.04 Å². The second-order valence-corrected chi connectivity index (χ2v) is 4.42. The van der Waals surface area contributed by atoms with Crippen LogP contribution in [0.1, 0.15) is 17.5 Å². The van der Waals surface area contributed by atoms with Gasteiger partial charge in [-0.25, -0.2) is 0 Å². The number of nitriles is 1. The maximum absolute atomic E-state index is 8.90. The number of ether oxygens (including phenoxy) is 1. The number of hydrogen-bond acceptors (Lipinski definition) is 4. The average Bonchev–Trinajstić information content (AvgIpc) is 2.74. The third kappa shape index (κ3) is 2.76. The van der Waals surface area contributed by atoms with Gasteiger partial charge in [-0.3, -0.25) is 4.90 Å². The van der Waals surface area contributed by atoms with Gasteiger partial charge >= 0.3 is 0 Å². The van der Waals surface area contributed by atoms with Crippen LogP contribution in [0.3, 0.4) is 0 Å². The number of rotatable bonds is 3. The molecule has 1 aliphatic heterocycles. The van der Waals surface area contributed by atoms with Crippen molar-refractivity contribution in [1.29, 1.82) is 5.26 Å². The SMILES string of the molecule is COc1ccc(C#N)cc1CN1CCC(N)C1. The third-order valence-electron chi connectivity index (χ3n) is 3.11. The molecule has 1 heterocycles. The van der Waals surface area contributed by atoms with Crippen molar-refractivity contribution < 1.29 is 4.74 Å². The Balaban J connectivity index is 2.16. The van der Waals surface area contributed by atoms with Gasteiger partial charge in [-0.05, 0) is 24.6 Å². The van der Waals surface area contributed by atoms with E-state index in [4.69, 9.17) is 15.7 Å². The Labute approximate surface area is 102 Å². The average molecular weight is 231 g/mol. The molecule has 90 valence electrons. The summed E-state index contributed by atoms with van der Waals surface area (Å²) in [5.74, 6) is 0.837. The summed E-state index contributed by atoms with van der Waals surface area (Å²) in [6.45, 7) is 2.73. The van der Waals surface area contributed by atoms with E-state index >= 15 is 0 Å². The predicted molar refractivity (Wildman–Crippen MR) is 65.6 cm³/mol. The van der Waals surface area contributed by atoms with E-state index in [0.29, 0.717) is 5.56 Å². The molecule has 0 aromatic heterocycles. The first-order valence-corrected chi connectivity index (χ1v) is 5.78. The summed E-state index contributed by atoms with van der Waals surface area (Å²) in [6.07, 6.45) is 1.04. The second kappa shape index (κ2) is 5.17. The van der Waals surface area contributed by atoms with Crippen LogP contribution in [0.15, 0.2) is 18.2 Å². The van der Waals surface area contributed by atoms with Gasteiger partial charge in [0.1, 0.15) is 5.75 Å². The van der Waals surface area contributed by atoms with Gasteiger partial charge in [-0.1, -0.05) is 0 Å². The van der Waals surface area contributed by atoms with Gasteiger partial charge in [-0.2, -0.15) is 5.26 Å². The molecular weight excluding hydrogens is 214 g/mol. The van der Waals surface area contributed by atoms with Crippen LogP contribution in [0.25, 0.3) is 0 Å². The van der Waals surface area contributed by atoms with Crippen LogP contribution in [0.4, 0.5) is 0 Å². The molecule has 0 amide bonds. The topological polar surface area (TPSA) is 62.3 Å². The van der Waals surface area contributed by atoms with E-state index in [1.807, 2.05) is 12.1 Å². The maximum atomic E-state index is 8.90. The second-order valence-electron chi connectivity index (χ2n) is 4.42. The summed E-state index contributed by atoms with van der Waals surface area (Å²) in [5, 5.41) is 8.90. The number of nitrogens with zero attached hydrogens (tertiary/aromatic N) is 2. The van der Waals surface area contributed by atoms with Gasteiger partial charge in [-0.15, -0.1) is 0 Å². The fourth-order valence-corrected chi connectivity index (χ4v) is 2.22. The highest BCUT2D eigenvalue weighted by Crippen LogP contribution is 2.22. The molecule has 4 heteroatoms. The smallest absolute Gasteiger partial charge is 0.123 e. The fourth-order valence-electron chi connectivity index (χ4n) is 2.22. The van der Waals surface area contributed by atoms with Crippen molar-refractivity contribution in [3.63, 3.8) is 0 Å². The number of methoxy groups -OCH3 is 1. The molecule has 1 unspecified atom stereocenters. The van der Waals surface area contributed by atoms with E-state index in [1.54, 1.807) is 13.2 Å². The highest BCUT2D eigenvalue weighted by molar-refractivity contribution is 5.42. The van der Waals surface area contributed by atoms with Crippen LogP contribution in [-0.2, 0) is 6.54 Å². The molecule has 0 radical (unpaired) electrons. The van der Waals surface area contributed by atoms with Crippen LogP contribution < -0.4 is 10.5 Å². The molecule has 2 rings (SSSR count). The zero-order valence-electron chi connectivity index (χ0n) is 10.0. The molecular formula is C13H17N3O. The molecule has 4 nitrogen and oxygen atoms in total. The van der Waals surface area contributed by atoms with Crippen molar-refractivity contribution >= 4 is 0 Å². The molecule has 0 aliphatic carbocycles. The lowest BCUT2D eigenvalue weighted by molar-refractivity contribution is 0.317. The Morgan fingerprint density at radius 2 is 2.41 bits per heavy atom. The van der Waals surface area contributed by atoms with Crippen molar-refractivity contribution in [2.45, 2.75) is 19.0 Å². The molecule has 1 aromatic carbocycles. The lowest BCUT2D eigenvalue weighted by Gasteiger charge is -2.17. The molecule has 1 aromatic rings. The van der Waals surface area contributed by atoms with Gasteiger partial charge in [0.2, 0.25) is 0 Å². The van der Waals surface area contributed by atoms with Crippen molar-refractivity contribution in [3.05, 3.63) is 29.3 Å². The summed E-state index contributed by atoms with van der Waals surface area (Å²) in [7, 11) is 1.65. The molecule has 1 saturated heterocycles. The first-order chi connectivity index (χ1) is 8.22. The summed E-state index contributed by atoms with van der Waals surface area (Å²) < 4.78 is 5.31. The maximum Gasteiger partial charge on any atom is 0.123 e. The van der Waals surface area contributed by atoms with Crippen molar-refractivity contribution in [2.75, 3.05) is 20.2 Å². The third-order valence-corrected chi connectivity index (χ3v) is 3.11. The van der Waals surface area contributed by atoms with Crippen LogP contribution in [0.5, 0.6) is 5.75 Å². The summed E-state index contributed by atoms with van der Waals surface area (Å²) in [6, 6.07) is 7.95. The highest BCUT2D eigenvalue weighted by Gasteiger charge is 2.20. The minimum absolute atomic E-state index is 0.278. The van der Waals surface area contributed by atoms with Gasteiger partial charge in [0.05, 0.1) is 18.7 Å². The number of benzene rings is 1. The van der Waals surface area contributed by atoms with Crippen molar-refractivity contribution in [3.8, 4) is 11.8 Å². The molecule has 1 aliphatic rings. The quantitative estimate of drug-likeness (QED) is 0.846. The fraction of sp³-hybridized carbons (Fsp3) is 0.462. The molecule has 2 N–H and O–H groups in total. The van der Waals surface area contributed by atoms with E-state index in [0.717, 1.165) is 37.4 Å². The molecule has 0 bridgehead atoms. The van der Waals surface area contributed by atoms with Crippen LogP contribution >= 0.6 is 0 Å². The van der Waals surface area contributed by atoms with Crippen molar-refractivity contribution in [1.82, 2.24) is 4.90 Å². The minimum Gasteiger partial charge on any atom is -0.496 e. The molecule has 0 saturated carbocycles. The van der Waals surface area contributed by atoms with Crippen LogP contribution in [0.2, 0.25) is 0 Å². The Kier molecular flexibility index (Phi) is 3.62. The van der Waals surface area contributed by atoms with Crippen LogP contribution in [-0.4, -0.2) is 31.1 Å². The van der Waals surface area contributed by atoms with Crippen molar-refractivity contribution in [2.24, 2.45) is 5.73 Å². The van der Waals surface area contributed by atoms with Gasteiger partial charge in [0.15, 0.2) is 0 Å². The number of nitrogens with two attached hydrogens (primary N) is 1. The first-order valence-electron chi connectivity index (χ1n) is 5.78. The molecule has 17 heavy (non-hydrogen) atoms. The Morgan fingerprint density at radius 1 is 1.59 bits per heavy atom. The zero-order chi connectivity index (χ0) is 12.3. The summed E-state index contributed by atoms with van der Waals surface area (Å²) >= 11 is 0. The van der Waals surface area contributed by atoms with E-state index in [1.165, 1.54) is 0 Å². The highest BCUT2D eigenvalue weighted by atomic mass is 16.5. The number of likely N-dealkylation sites (tertiary alicyclic amines) is 1. The molecule has 1 fully saturated rings. The number of hydrogen-bond donors (Lipinski definition) is 1. The monoisotopic (exact) mass is 231 g/mol. The van der Waals surface area contributed by atoms with E-state index in [2.05, 4.69) is 11.0 Å². The minimum atomic E-state index is 0.278. The Bertz CT molecular complexity index is 439. The van der Waals surface area contributed by atoms with E-state index < -0.39 is 0 Å². The predicted octanol–water partition coefficient (Wildman–Crippen LogP) is 1.10.